The van der Waals surface area contributed by atoms with Gasteiger partial charge in [0.15, 0.2) is 0 Å². The summed E-state index contributed by atoms with van der Waals surface area (Å²) < 4.78 is 0. The Morgan fingerprint density at radius 1 is 1.25 bits per heavy atom. The average molecular weight is 266 g/mol. The fourth-order valence-electron chi connectivity index (χ4n) is 3.23. The lowest BCUT2D eigenvalue weighted by atomic mass is 10.1. The summed E-state index contributed by atoms with van der Waals surface area (Å²) in [7, 11) is 0. The molecule has 20 heavy (non-hydrogen) atoms. The summed E-state index contributed by atoms with van der Waals surface area (Å²) in [6.07, 6.45) is 5.20. The minimum absolute atomic E-state index is 0.600. The van der Waals surface area contributed by atoms with Crippen LogP contribution >= 0.6 is 0 Å². The average Bonchev–Trinajstić information content (AvgIpc) is 3.19. The van der Waals surface area contributed by atoms with Crippen molar-refractivity contribution in [2.24, 2.45) is 0 Å². The predicted octanol–water partition coefficient (Wildman–Crippen LogP) is 2.88. The first-order chi connectivity index (χ1) is 9.90. The second kappa shape index (κ2) is 4.80. The van der Waals surface area contributed by atoms with Crippen LogP contribution in [0, 0.1) is 0 Å². The molecule has 4 nitrogen and oxygen atoms in total. The highest BCUT2D eigenvalue weighted by Crippen LogP contribution is 2.28. The lowest BCUT2D eigenvalue weighted by molar-refractivity contribution is 0.327. The maximum atomic E-state index is 4.06. The van der Waals surface area contributed by atoms with E-state index in [9.17, 15) is 0 Å². The number of hydrogen-bond donors (Lipinski definition) is 2. The van der Waals surface area contributed by atoms with Crippen LogP contribution in [0.5, 0.6) is 0 Å². The molecule has 102 valence electrons. The van der Waals surface area contributed by atoms with Gasteiger partial charge in [-0.2, -0.15) is 5.10 Å². The normalized spacial score (nSPS) is 19.9. The van der Waals surface area contributed by atoms with Gasteiger partial charge in [-0.1, -0.05) is 18.2 Å². The van der Waals surface area contributed by atoms with Crippen molar-refractivity contribution in [3.8, 4) is 0 Å². The summed E-state index contributed by atoms with van der Waals surface area (Å²) in [5.41, 5.74) is 3.89. The molecule has 0 aliphatic carbocycles. The molecule has 0 radical (unpaired) electrons. The largest absolute Gasteiger partial charge is 0.361 e. The SMILES string of the molecule is c1ccc2c(CN3CC[C@H](c4ccn[nH]4)C3)c[nH]c2c1. The molecule has 0 spiro atoms. The van der Waals surface area contributed by atoms with E-state index in [1.807, 2.05) is 6.20 Å². The van der Waals surface area contributed by atoms with E-state index in [1.54, 1.807) is 0 Å². The number of benzene rings is 1. The number of H-pyrrole nitrogens is 2. The second-order valence-corrected chi connectivity index (χ2v) is 5.59. The molecule has 1 atom stereocenters. The van der Waals surface area contributed by atoms with Crippen LogP contribution in [-0.2, 0) is 6.54 Å². The van der Waals surface area contributed by atoms with Crippen molar-refractivity contribution in [3.05, 3.63) is 54.0 Å². The minimum Gasteiger partial charge on any atom is -0.361 e. The second-order valence-electron chi connectivity index (χ2n) is 5.59. The summed E-state index contributed by atoms with van der Waals surface area (Å²) in [5, 5.41) is 8.51. The molecule has 2 aromatic heterocycles. The quantitative estimate of drug-likeness (QED) is 0.765. The van der Waals surface area contributed by atoms with Gasteiger partial charge < -0.3 is 4.98 Å². The van der Waals surface area contributed by atoms with Crippen molar-refractivity contribution in [2.45, 2.75) is 18.9 Å². The zero-order valence-electron chi connectivity index (χ0n) is 11.3. The fraction of sp³-hybridized carbons (Fsp3) is 0.312. The molecule has 0 amide bonds. The van der Waals surface area contributed by atoms with E-state index in [4.69, 9.17) is 0 Å². The third-order valence-corrected chi connectivity index (χ3v) is 4.30. The molecule has 1 aliphatic heterocycles. The van der Waals surface area contributed by atoms with Crippen LogP contribution in [0.1, 0.15) is 23.6 Å². The first kappa shape index (κ1) is 11.7. The smallest absolute Gasteiger partial charge is 0.0490 e. The third kappa shape index (κ3) is 2.02. The third-order valence-electron chi connectivity index (χ3n) is 4.30. The fourth-order valence-corrected chi connectivity index (χ4v) is 3.23. The first-order valence-electron chi connectivity index (χ1n) is 7.17. The predicted molar refractivity (Wildman–Crippen MR) is 79.5 cm³/mol. The zero-order valence-corrected chi connectivity index (χ0v) is 11.3. The Hall–Kier alpha value is -2.07. The number of rotatable bonds is 3. The number of likely N-dealkylation sites (tertiary alicyclic amines) is 1. The van der Waals surface area contributed by atoms with Crippen molar-refractivity contribution in [1.82, 2.24) is 20.1 Å². The summed E-state index contributed by atoms with van der Waals surface area (Å²) >= 11 is 0. The van der Waals surface area contributed by atoms with E-state index in [1.165, 1.54) is 28.6 Å². The van der Waals surface area contributed by atoms with Gasteiger partial charge in [0, 0.05) is 48.0 Å². The standard InChI is InChI=1S/C16H18N4/c1-2-4-16-14(3-1)13(9-17-16)11-20-8-6-12(10-20)15-5-7-18-19-15/h1-5,7,9,12,17H,6,8,10-11H2,(H,18,19)/t12-/m0/s1. The molecule has 4 rings (SSSR count). The monoisotopic (exact) mass is 266 g/mol. The van der Waals surface area contributed by atoms with Crippen LogP contribution in [0.25, 0.3) is 10.9 Å². The maximum absolute atomic E-state index is 4.06. The van der Waals surface area contributed by atoms with Crippen molar-refractivity contribution < 1.29 is 0 Å². The van der Waals surface area contributed by atoms with E-state index >= 15 is 0 Å². The zero-order chi connectivity index (χ0) is 13.4. The Bertz CT molecular complexity index is 698. The van der Waals surface area contributed by atoms with Gasteiger partial charge in [0.05, 0.1) is 0 Å². The Morgan fingerprint density at radius 3 is 3.10 bits per heavy atom. The Morgan fingerprint density at radius 2 is 2.20 bits per heavy atom. The van der Waals surface area contributed by atoms with Crippen molar-refractivity contribution in [2.75, 3.05) is 13.1 Å². The minimum atomic E-state index is 0.600. The van der Waals surface area contributed by atoms with Crippen molar-refractivity contribution in [1.29, 1.82) is 0 Å². The van der Waals surface area contributed by atoms with Gasteiger partial charge in [-0.3, -0.25) is 10.00 Å². The molecule has 1 fully saturated rings. The molecule has 4 heteroatoms. The number of nitrogens with one attached hydrogen (secondary N) is 2. The Balaban J connectivity index is 1.50. The molecule has 0 bridgehead atoms. The van der Waals surface area contributed by atoms with Crippen LogP contribution in [-0.4, -0.2) is 33.2 Å². The summed E-state index contributed by atoms with van der Waals surface area (Å²) in [6, 6.07) is 10.6. The van der Waals surface area contributed by atoms with E-state index in [2.05, 4.69) is 56.6 Å². The number of para-hydroxylation sites is 1. The molecule has 2 N–H and O–H groups in total. The van der Waals surface area contributed by atoms with Crippen LogP contribution in [0.3, 0.4) is 0 Å². The lowest BCUT2D eigenvalue weighted by Crippen LogP contribution is -2.19. The van der Waals surface area contributed by atoms with Crippen LogP contribution in [0.15, 0.2) is 42.7 Å². The molecule has 1 aromatic carbocycles. The summed E-state index contributed by atoms with van der Waals surface area (Å²) in [4.78, 5) is 5.89. The molecular weight excluding hydrogens is 248 g/mol. The molecule has 0 unspecified atom stereocenters. The van der Waals surface area contributed by atoms with Gasteiger partial charge >= 0.3 is 0 Å². The van der Waals surface area contributed by atoms with Gasteiger partial charge in [-0.15, -0.1) is 0 Å². The summed E-state index contributed by atoms with van der Waals surface area (Å²) in [5.74, 6) is 0.600. The Labute approximate surface area is 117 Å². The maximum Gasteiger partial charge on any atom is 0.0490 e. The van der Waals surface area contributed by atoms with Crippen LogP contribution in [0.2, 0.25) is 0 Å². The van der Waals surface area contributed by atoms with Gasteiger partial charge in [-0.05, 0) is 30.7 Å². The van der Waals surface area contributed by atoms with E-state index in [0.717, 1.165) is 19.6 Å². The molecule has 1 saturated heterocycles. The highest BCUT2D eigenvalue weighted by atomic mass is 15.2. The van der Waals surface area contributed by atoms with Crippen LogP contribution in [0.4, 0.5) is 0 Å². The number of aromatic nitrogens is 3. The van der Waals surface area contributed by atoms with Crippen molar-refractivity contribution >= 4 is 10.9 Å². The molecule has 0 saturated carbocycles. The Kier molecular flexibility index (Phi) is 2.81. The molecular formula is C16H18N4. The number of hydrogen-bond acceptors (Lipinski definition) is 2. The lowest BCUT2D eigenvalue weighted by Gasteiger charge is -2.15. The van der Waals surface area contributed by atoms with Crippen molar-refractivity contribution in [3.63, 3.8) is 0 Å². The van der Waals surface area contributed by atoms with Crippen LogP contribution < -0.4 is 0 Å². The van der Waals surface area contributed by atoms with E-state index in [0.29, 0.717) is 5.92 Å². The molecule has 1 aliphatic rings. The molecule has 3 aromatic rings. The highest BCUT2D eigenvalue weighted by molar-refractivity contribution is 5.82. The molecule has 3 heterocycles. The number of aromatic amines is 2. The first-order valence-corrected chi connectivity index (χ1v) is 7.17. The number of nitrogens with zero attached hydrogens (tertiary/aromatic N) is 2. The number of fused-ring (bicyclic) bond motifs is 1. The van der Waals surface area contributed by atoms with E-state index < -0.39 is 0 Å². The van der Waals surface area contributed by atoms with E-state index in [-0.39, 0.29) is 0 Å². The summed E-state index contributed by atoms with van der Waals surface area (Å²) in [6.45, 7) is 3.29. The van der Waals surface area contributed by atoms with Gasteiger partial charge in [0.2, 0.25) is 0 Å². The van der Waals surface area contributed by atoms with Gasteiger partial charge in [0.25, 0.3) is 0 Å². The van der Waals surface area contributed by atoms with Gasteiger partial charge in [0.1, 0.15) is 0 Å². The topological polar surface area (TPSA) is 47.7 Å². The van der Waals surface area contributed by atoms with Gasteiger partial charge in [-0.25, -0.2) is 0 Å². The highest BCUT2D eigenvalue weighted by Gasteiger charge is 2.25.